The first-order chi connectivity index (χ1) is 11.1. The average Bonchev–Trinajstić information content (AvgIpc) is 2.94. The molecule has 0 bridgehead atoms. The van der Waals surface area contributed by atoms with Crippen LogP contribution in [0.5, 0.6) is 17.2 Å². The van der Waals surface area contributed by atoms with E-state index in [9.17, 15) is 4.79 Å². The van der Waals surface area contributed by atoms with Crippen molar-refractivity contribution < 1.29 is 19.0 Å². The number of fused-ring (bicyclic) bond motifs is 1. The highest BCUT2D eigenvalue weighted by atomic mass is 16.5. The van der Waals surface area contributed by atoms with E-state index in [1.54, 1.807) is 32.4 Å². The van der Waals surface area contributed by atoms with Crippen molar-refractivity contribution in [3.63, 3.8) is 0 Å². The van der Waals surface area contributed by atoms with Gasteiger partial charge in [-0.2, -0.15) is 0 Å². The molecule has 0 saturated heterocycles. The maximum absolute atomic E-state index is 12.6. The van der Waals surface area contributed by atoms with Gasteiger partial charge in [0.1, 0.15) is 11.9 Å². The lowest BCUT2D eigenvalue weighted by molar-refractivity contribution is 0.102. The van der Waals surface area contributed by atoms with Crippen molar-refractivity contribution in [2.75, 3.05) is 19.5 Å². The van der Waals surface area contributed by atoms with Crippen LogP contribution in [0.1, 0.15) is 22.8 Å². The van der Waals surface area contributed by atoms with Gasteiger partial charge in [-0.15, -0.1) is 0 Å². The van der Waals surface area contributed by atoms with Gasteiger partial charge in [0.2, 0.25) is 0 Å². The number of anilines is 1. The molecule has 0 aliphatic carbocycles. The molecule has 0 radical (unpaired) electrons. The van der Waals surface area contributed by atoms with Crippen LogP contribution in [0.3, 0.4) is 0 Å². The minimum atomic E-state index is -0.213. The lowest BCUT2D eigenvalue weighted by atomic mass is 10.1. The van der Waals surface area contributed by atoms with E-state index in [1.807, 2.05) is 25.1 Å². The van der Waals surface area contributed by atoms with E-state index in [4.69, 9.17) is 14.2 Å². The zero-order valence-electron chi connectivity index (χ0n) is 13.4. The van der Waals surface area contributed by atoms with E-state index in [0.29, 0.717) is 22.7 Å². The molecule has 1 unspecified atom stereocenters. The Morgan fingerprint density at radius 2 is 1.91 bits per heavy atom. The summed E-state index contributed by atoms with van der Waals surface area (Å²) in [6, 6.07) is 10.8. The van der Waals surface area contributed by atoms with Gasteiger partial charge < -0.3 is 19.5 Å². The van der Waals surface area contributed by atoms with E-state index in [1.165, 1.54) is 0 Å². The Labute approximate surface area is 135 Å². The van der Waals surface area contributed by atoms with Crippen molar-refractivity contribution in [2.24, 2.45) is 0 Å². The van der Waals surface area contributed by atoms with Crippen molar-refractivity contribution >= 4 is 11.6 Å². The van der Waals surface area contributed by atoms with Gasteiger partial charge in [0.05, 0.1) is 19.9 Å². The third-order valence-corrected chi connectivity index (χ3v) is 3.80. The molecule has 1 aliphatic rings. The molecule has 5 nitrogen and oxygen atoms in total. The van der Waals surface area contributed by atoms with Crippen LogP contribution in [0.4, 0.5) is 5.69 Å². The summed E-state index contributed by atoms with van der Waals surface area (Å²) in [5, 5.41) is 2.87. The van der Waals surface area contributed by atoms with Crippen molar-refractivity contribution in [2.45, 2.75) is 19.4 Å². The van der Waals surface area contributed by atoms with Gasteiger partial charge in [0.15, 0.2) is 11.5 Å². The van der Waals surface area contributed by atoms with Crippen LogP contribution in [0, 0.1) is 0 Å². The summed E-state index contributed by atoms with van der Waals surface area (Å²) < 4.78 is 16.4. The van der Waals surface area contributed by atoms with Crippen LogP contribution in [-0.4, -0.2) is 26.2 Å². The van der Waals surface area contributed by atoms with E-state index in [2.05, 4.69) is 5.32 Å². The molecular formula is C18H19NO4. The Morgan fingerprint density at radius 3 is 2.65 bits per heavy atom. The van der Waals surface area contributed by atoms with Gasteiger partial charge in [0.25, 0.3) is 5.91 Å². The maximum atomic E-state index is 12.6. The van der Waals surface area contributed by atoms with Gasteiger partial charge in [-0.05, 0) is 31.2 Å². The van der Waals surface area contributed by atoms with Crippen LogP contribution in [0.15, 0.2) is 36.4 Å². The molecular weight excluding hydrogens is 294 g/mol. The van der Waals surface area contributed by atoms with Gasteiger partial charge in [-0.1, -0.05) is 12.1 Å². The number of nitrogens with one attached hydrogen (secondary N) is 1. The van der Waals surface area contributed by atoms with Gasteiger partial charge >= 0.3 is 0 Å². The molecule has 1 heterocycles. The summed E-state index contributed by atoms with van der Waals surface area (Å²) >= 11 is 0. The molecule has 23 heavy (non-hydrogen) atoms. The number of ether oxygens (including phenoxy) is 3. The van der Waals surface area contributed by atoms with Gasteiger partial charge in [-0.3, -0.25) is 4.79 Å². The molecule has 0 fully saturated rings. The Morgan fingerprint density at radius 1 is 1.17 bits per heavy atom. The number of para-hydroxylation sites is 2. The second-order valence-corrected chi connectivity index (χ2v) is 5.45. The van der Waals surface area contributed by atoms with Crippen LogP contribution in [0.2, 0.25) is 0 Å². The van der Waals surface area contributed by atoms with Crippen LogP contribution < -0.4 is 19.5 Å². The van der Waals surface area contributed by atoms with Crippen molar-refractivity contribution in [3.8, 4) is 17.2 Å². The smallest absolute Gasteiger partial charge is 0.255 e. The van der Waals surface area contributed by atoms with Gasteiger partial charge in [0, 0.05) is 17.5 Å². The molecule has 1 amide bonds. The monoisotopic (exact) mass is 313 g/mol. The van der Waals surface area contributed by atoms with Gasteiger partial charge in [-0.25, -0.2) is 0 Å². The lowest BCUT2D eigenvalue weighted by Gasteiger charge is -2.12. The van der Waals surface area contributed by atoms with Crippen molar-refractivity contribution in [1.82, 2.24) is 0 Å². The zero-order valence-corrected chi connectivity index (χ0v) is 13.4. The molecule has 0 saturated carbocycles. The van der Waals surface area contributed by atoms with Crippen LogP contribution in [0.25, 0.3) is 0 Å². The third-order valence-electron chi connectivity index (χ3n) is 3.80. The quantitative estimate of drug-likeness (QED) is 0.941. The first-order valence-corrected chi connectivity index (χ1v) is 7.44. The summed E-state index contributed by atoms with van der Waals surface area (Å²) in [5.41, 5.74) is 2.15. The second-order valence-electron chi connectivity index (χ2n) is 5.45. The molecule has 3 rings (SSSR count). The number of carbonyl (C=O) groups excluding carboxylic acids is 1. The first-order valence-electron chi connectivity index (χ1n) is 7.44. The summed E-state index contributed by atoms with van der Waals surface area (Å²) in [5.74, 6) is 1.71. The highest BCUT2D eigenvalue weighted by Gasteiger charge is 2.25. The highest BCUT2D eigenvalue weighted by Crippen LogP contribution is 2.39. The Balaban J connectivity index is 1.90. The molecule has 5 heteroatoms. The van der Waals surface area contributed by atoms with E-state index >= 15 is 0 Å². The Hall–Kier alpha value is -2.69. The van der Waals surface area contributed by atoms with Crippen LogP contribution >= 0.6 is 0 Å². The van der Waals surface area contributed by atoms with Crippen molar-refractivity contribution in [1.29, 1.82) is 0 Å². The van der Waals surface area contributed by atoms with E-state index < -0.39 is 0 Å². The number of benzene rings is 2. The number of amides is 1. The lowest BCUT2D eigenvalue weighted by Crippen LogP contribution is -2.13. The minimum Gasteiger partial charge on any atom is -0.495 e. The summed E-state index contributed by atoms with van der Waals surface area (Å²) in [4.78, 5) is 12.6. The number of carbonyl (C=O) groups is 1. The van der Waals surface area contributed by atoms with Crippen LogP contribution in [-0.2, 0) is 6.42 Å². The normalized spacial score (nSPS) is 15.5. The Bertz CT molecular complexity index is 742. The SMILES string of the molecule is COc1ccccc1NC(=O)c1cc2c(c(OC)c1)OC(C)C2. The van der Waals surface area contributed by atoms with Crippen molar-refractivity contribution in [3.05, 3.63) is 47.5 Å². The molecule has 2 aromatic rings. The molecule has 120 valence electrons. The predicted molar refractivity (Wildman–Crippen MR) is 87.7 cm³/mol. The summed E-state index contributed by atoms with van der Waals surface area (Å²) in [6.45, 7) is 1.99. The topological polar surface area (TPSA) is 56.8 Å². The molecule has 0 aromatic heterocycles. The molecule has 2 aromatic carbocycles. The van der Waals surface area contributed by atoms with E-state index in [0.717, 1.165) is 17.7 Å². The molecule has 0 spiro atoms. The third kappa shape index (κ3) is 2.95. The zero-order chi connectivity index (χ0) is 16.4. The predicted octanol–water partition coefficient (Wildman–Crippen LogP) is 3.28. The highest BCUT2D eigenvalue weighted by molar-refractivity contribution is 6.05. The fourth-order valence-electron chi connectivity index (χ4n) is 2.72. The first kappa shape index (κ1) is 15.2. The van der Waals surface area contributed by atoms with E-state index in [-0.39, 0.29) is 12.0 Å². The summed E-state index contributed by atoms with van der Waals surface area (Å²) in [7, 11) is 3.14. The number of rotatable bonds is 4. The summed E-state index contributed by atoms with van der Waals surface area (Å²) in [6.07, 6.45) is 0.855. The molecule has 1 atom stereocenters. The Kier molecular flexibility index (Phi) is 4.10. The fraction of sp³-hybridized carbons (Fsp3) is 0.278. The number of hydrogen-bond acceptors (Lipinski definition) is 4. The minimum absolute atomic E-state index is 0.0893. The largest absolute Gasteiger partial charge is 0.495 e. The molecule has 1 aliphatic heterocycles. The molecule has 1 N–H and O–H groups in total. The second kappa shape index (κ2) is 6.20. The average molecular weight is 313 g/mol. The number of hydrogen-bond donors (Lipinski definition) is 1. The standard InChI is InChI=1S/C18H19NO4/c1-11-8-12-9-13(10-16(22-3)17(12)23-11)18(20)19-14-6-4-5-7-15(14)21-2/h4-7,9-11H,8H2,1-3H3,(H,19,20). The maximum Gasteiger partial charge on any atom is 0.255 e. The number of methoxy groups -OCH3 is 2. The fourth-order valence-corrected chi connectivity index (χ4v) is 2.72.